The standard InChI is InChI=1S/C26H37N3O2/c1-6-20(2)29(25(30)31-26(3,4)5)24-16-15-22(18-27-24)23-14-10-11-17-28(23)19-21-12-8-7-9-13-21/h7-9,12-13,15-16,18,20,23H,6,10-11,14,17,19H2,1-5H3/t20-,23-/m1/s1. The second kappa shape index (κ2) is 10.3. The lowest BCUT2D eigenvalue weighted by Crippen LogP contribution is -2.42. The number of rotatable bonds is 6. The van der Waals surface area contributed by atoms with Crippen molar-refractivity contribution in [1.29, 1.82) is 0 Å². The van der Waals surface area contributed by atoms with E-state index in [1.807, 2.05) is 40.0 Å². The van der Waals surface area contributed by atoms with E-state index in [9.17, 15) is 4.79 Å². The van der Waals surface area contributed by atoms with Crippen LogP contribution in [0.5, 0.6) is 0 Å². The third kappa shape index (κ3) is 6.30. The van der Waals surface area contributed by atoms with Crippen LogP contribution in [0, 0.1) is 0 Å². The number of pyridine rings is 1. The van der Waals surface area contributed by atoms with Gasteiger partial charge in [0.2, 0.25) is 0 Å². The van der Waals surface area contributed by atoms with Crippen LogP contribution in [0.2, 0.25) is 0 Å². The van der Waals surface area contributed by atoms with E-state index in [-0.39, 0.29) is 12.1 Å². The first kappa shape index (κ1) is 23.3. The fourth-order valence-corrected chi connectivity index (χ4v) is 4.11. The minimum atomic E-state index is -0.539. The highest BCUT2D eigenvalue weighted by molar-refractivity contribution is 5.87. The fourth-order valence-electron chi connectivity index (χ4n) is 4.11. The van der Waals surface area contributed by atoms with E-state index in [0.717, 1.165) is 25.9 Å². The third-order valence-electron chi connectivity index (χ3n) is 5.87. The smallest absolute Gasteiger partial charge is 0.416 e. The lowest BCUT2D eigenvalue weighted by atomic mass is 9.95. The molecule has 2 aromatic rings. The molecule has 0 unspecified atom stereocenters. The molecule has 2 heterocycles. The van der Waals surface area contributed by atoms with E-state index in [0.29, 0.717) is 11.9 Å². The number of aromatic nitrogens is 1. The molecule has 1 aliphatic heterocycles. The molecule has 2 atom stereocenters. The number of anilines is 1. The molecule has 0 N–H and O–H groups in total. The van der Waals surface area contributed by atoms with Gasteiger partial charge in [-0.1, -0.05) is 49.7 Å². The summed E-state index contributed by atoms with van der Waals surface area (Å²) in [6.45, 7) is 11.8. The first-order chi connectivity index (χ1) is 14.8. The zero-order valence-corrected chi connectivity index (χ0v) is 19.7. The Morgan fingerprint density at radius 2 is 1.94 bits per heavy atom. The second-order valence-electron chi connectivity index (χ2n) is 9.52. The van der Waals surface area contributed by atoms with Gasteiger partial charge in [-0.2, -0.15) is 0 Å². The minimum Gasteiger partial charge on any atom is -0.443 e. The van der Waals surface area contributed by atoms with Gasteiger partial charge < -0.3 is 4.74 Å². The monoisotopic (exact) mass is 423 g/mol. The van der Waals surface area contributed by atoms with E-state index in [1.165, 1.54) is 24.0 Å². The van der Waals surface area contributed by atoms with E-state index >= 15 is 0 Å². The highest BCUT2D eigenvalue weighted by Crippen LogP contribution is 2.33. The zero-order valence-electron chi connectivity index (χ0n) is 19.7. The van der Waals surface area contributed by atoms with Crippen molar-refractivity contribution in [2.24, 2.45) is 0 Å². The topological polar surface area (TPSA) is 45.7 Å². The van der Waals surface area contributed by atoms with E-state index in [4.69, 9.17) is 9.72 Å². The van der Waals surface area contributed by atoms with Crippen molar-refractivity contribution in [2.45, 2.75) is 84.5 Å². The Kier molecular flexibility index (Phi) is 7.71. The number of carbonyl (C=O) groups excluding carboxylic acids is 1. The van der Waals surface area contributed by atoms with Crippen LogP contribution in [0.4, 0.5) is 10.6 Å². The van der Waals surface area contributed by atoms with Gasteiger partial charge in [0.15, 0.2) is 0 Å². The van der Waals surface area contributed by atoms with Crippen molar-refractivity contribution < 1.29 is 9.53 Å². The predicted octanol–water partition coefficient (Wildman–Crippen LogP) is 6.35. The summed E-state index contributed by atoms with van der Waals surface area (Å²) in [5.41, 5.74) is 2.02. The first-order valence-electron chi connectivity index (χ1n) is 11.5. The van der Waals surface area contributed by atoms with Crippen molar-refractivity contribution in [3.63, 3.8) is 0 Å². The Labute approximate surface area is 187 Å². The molecular weight excluding hydrogens is 386 g/mol. The molecule has 31 heavy (non-hydrogen) atoms. The maximum atomic E-state index is 12.9. The van der Waals surface area contributed by atoms with Crippen LogP contribution in [-0.2, 0) is 11.3 Å². The molecule has 1 amide bonds. The van der Waals surface area contributed by atoms with Crippen LogP contribution in [-0.4, -0.2) is 34.2 Å². The van der Waals surface area contributed by atoms with Gasteiger partial charge in [0, 0.05) is 24.8 Å². The Bertz CT molecular complexity index is 830. The number of hydrogen-bond acceptors (Lipinski definition) is 4. The Morgan fingerprint density at radius 3 is 2.55 bits per heavy atom. The molecule has 1 fully saturated rings. The van der Waals surface area contributed by atoms with Crippen LogP contribution in [0.25, 0.3) is 0 Å². The maximum absolute atomic E-state index is 12.9. The SMILES string of the molecule is CC[C@@H](C)N(C(=O)OC(C)(C)C)c1ccc([C@H]2CCCCN2Cc2ccccc2)cn1. The Balaban J connectivity index is 1.79. The minimum absolute atomic E-state index is 0.0115. The maximum Gasteiger partial charge on any atom is 0.416 e. The quantitative estimate of drug-likeness (QED) is 0.543. The molecule has 0 bridgehead atoms. The molecule has 0 spiro atoms. The molecule has 168 valence electrons. The van der Waals surface area contributed by atoms with Gasteiger partial charge in [0.25, 0.3) is 0 Å². The van der Waals surface area contributed by atoms with E-state index in [1.54, 1.807) is 4.90 Å². The summed E-state index contributed by atoms with van der Waals surface area (Å²) in [5.74, 6) is 0.651. The molecule has 0 saturated carbocycles. The number of hydrogen-bond donors (Lipinski definition) is 0. The van der Waals surface area contributed by atoms with Crippen molar-refractivity contribution in [2.75, 3.05) is 11.4 Å². The normalized spacial score (nSPS) is 18.4. The molecule has 0 aliphatic carbocycles. The largest absolute Gasteiger partial charge is 0.443 e. The van der Waals surface area contributed by atoms with Crippen LogP contribution < -0.4 is 4.90 Å². The lowest BCUT2D eigenvalue weighted by molar-refractivity contribution is 0.0566. The fraction of sp³-hybridized carbons (Fsp3) is 0.538. The number of carbonyl (C=O) groups is 1. The number of piperidine rings is 1. The summed E-state index contributed by atoms with van der Waals surface area (Å²) in [6, 6.07) is 15.1. The highest BCUT2D eigenvalue weighted by Gasteiger charge is 2.29. The number of ether oxygens (including phenoxy) is 1. The molecule has 0 radical (unpaired) electrons. The Hall–Kier alpha value is -2.40. The van der Waals surface area contributed by atoms with Crippen LogP contribution in [0.15, 0.2) is 48.7 Å². The Morgan fingerprint density at radius 1 is 1.19 bits per heavy atom. The first-order valence-corrected chi connectivity index (χ1v) is 11.5. The van der Waals surface area contributed by atoms with Crippen molar-refractivity contribution in [3.05, 3.63) is 59.8 Å². The molecular formula is C26H37N3O2. The van der Waals surface area contributed by atoms with Crippen LogP contribution in [0.3, 0.4) is 0 Å². The molecule has 5 heteroatoms. The number of amides is 1. The van der Waals surface area contributed by atoms with Crippen molar-refractivity contribution >= 4 is 11.9 Å². The van der Waals surface area contributed by atoms with Crippen LogP contribution >= 0.6 is 0 Å². The number of benzene rings is 1. The van der Waals surface area contributed by atoms with Gasteiger partial charge in [0.1, 0.15) is 11.4 Å². The molecule has 1 aliphatic rings. The predicted molar refractivity (Wildman–Crippen MR) is 126 cm³/mol. The molecule has 3 rings (SSSR count). The molecule has 1 aromatic heterocycles. The van der Waals surface area contributed by atoms with Gasteiger partial charge in [-0.25, -0.2) is 9.78 Å². The van der Waals surface area contributed by atoms with Gasteiger partial charge in [-0.3, -0.25) is 9.80 Å². The van der Waals surface area contributed by atoms with Gasteiger partial charge >= 0.3 is 6.09 Å². The highest BCUT2D eigenvalue weighted by atomic mass is 16.6. The third-order valence-corrected chi connectivity index (χ3v) is 5.87. The van der Waals surface area contributed by atoms with Gasteiger partial charge in [-0.05, 0) is 70.7 Å². The summed E-state index contributed by atoms with van der Waals surface area (Å²) >= 11 is 0. The summed E-state index contributed by atoms with van der Waals surface area (Å²) in [6.07, 6.45) is 6.03. The summed E-state index contributed by atoms with van der Waals surface area (Å²) in [5, 5.41) is 0. The van der Waals surface area contributed by atoms with Crippen LogP contribution in [0.1, 0.15) is 77.5 Å². The van der Waals surface area contributed by atoms with Gasteiger partial charge in [0.05, 0.1) is 0 Å². The van der Waals surface area contributed by atoms with E-state index < -0.39 is 5.60 Å². The average molecular weight is 424 g/mol. The second-order valence-corrected chi connectivity index (χ2v) is 9.52. The molecule has 1 saturated heterocycles. The molecule has 1 aromatic carbocycles. The number of likely N-dealkylation sites (tertiary alicyclic amines) is 1. The van der Waals surface area contributed by atoms with Crippen molar-refractivity contribution in [3.8, 4) is 0 Å². The summed E-state index contributed by atoms with van der Waals surface area (Å²) in [4.78, 5) is 21.8. The average Bonchev–Trinajstić information content (AvgIpc) is 2.74. The summed E-state index contributed by atoms with van der Waals surface area (Å²) < 4.78 is 5.65. The van der Waals surface area contributed by atoms with Gasteiger partial charge in [-0.15, -0.1) is 0 Å². The van der Waals surface area contributed by atoms with Crippen molar-refractivity contribution in [1.82, 2.24) is 9.88 Å². The lowest BCUT2D eigenvalue weighted by Gasteiger charge is -2.36. The van der Waals surface area contributed by atoms with E-state index in [2.05, 4.69) is 48.2 Å². The molecule has 5 nitrogen and oxygen atoms in total. The summed E-state index contributed by atoms with van der Waals surface area (Å²) in [7, 11) is 0. The number of nitrogens with zero attached hydrogens (tertiary/aromatic N) is 3. The zero-order chi connectivity index (χ0) is 22.4.